The van der Waals surface area contributed by atoms with Gasteiger partial charge in [-0.25, -0.2) is 19.9 Å². The Kier molecular flexibility index (Phi) is 16.1. The van der Waals surface area contributed by atoms with Crippen molar-refractivity contribution >= 4 is 92.7 Å². The summed E-state index contributed by atoms with van der Waals surface area (Å²) in [5.74, 6) is 0. The molecule has 0 aliphatic carbocycles. The third-order valence-electron chi connectivity index (χ3n) is 17.1. The summed E-state index contributed by atoms with van der Waals surface area (Å²) in [5, 5.41) is 0. The van der Waals surface area contributed by atoms with Crippen LogP contribution in [-0.2, 0) is 34.1 Å². The molecule has 93 heavy (non-hydrogen) atoms. The fourth-order valence-electron chi connectivity index (χ4n) is 13.0. The molecule has 0 amide bonds. The van der Waals surface area contributed by atoms with Crippen LogP contribution in [0.15, 0.2) is 255 Å². The molecule has 4 aliphatic heterocycles. The zero-order chi connectivity index (χ0) is 59.5. The number of benzene rings is 7. The van der Waals surface area contributed by atoms with Crippen LogP contribution in [0.3, 0.4) is 0 Å². The van der Waals surface area contributed by atoms with E-state index in [2.05, 4.69) is 267 Å². The summed E-state index contributed by atoms with van der Waals surface area (Å²) in [6.07, 6.45) is 16.9. The van der Waals surface area contributed by atoms with Crippen LogP contribution in [0.2, 0.25) is 0 Å². The van der Waals surface area contributed by atoms with Crippen LogP contribution in [0.4, 0.5) is 0 Å². The van der Waals surface area contributed by atoms with Crippen LogP contribution >= 0.6 is 0 Å². The Balaban J connectivity index is 0.00000250. The first-order valence-corrected chi connectivity index (χ1v) is 30.2. The van der Waals surface area contributed by atoms with Crippen molar-refractivity contribution in [3.8, 4) is 89.0 Å². The molecule has 10 heterocycles. The number of aromatic nitrogens is 8. The number of hydrogen-bond donors (Lipinski definition) is 0. The van der Waals surface area contributed by atoms with Crippen LogP contribution in [0, 0.1) is 0 Å². The third-order valence-corrected chi connectivity index (χ3v) is 17.1. The Morgan fingerprint density at radius 2 is 0.323 bits per heavy atom. The molecule has 442 valence electrons. The van der Waals surface area contributed by atoms with E-state index in [1.807, 2.05) is 36.4 Å². The van der Waals surface area contributed by atoms with E-state index in [0.717, 1.165) is 179 Å². The van der Waals surface area contributed by atoms with Crippen LogP contribution < -0.4 is 19.9 Å². The number of nitrogens with zero attached hydrogens (tertiary/aromatic N) is 8. The fourth-order valence-corrected chi connectivity index (χ4v) is 13.0. The van der Waals surface area contributed by atoms with Gasteiger partial charge in [-0.1, -0.05) is 255 Å². The molecule has 4 aliphatic rings. The average molecular weight is 1280 g/mol. The Morgan fingerprint density at radius 1 is 0.172 bits per heavy atom. The standard InChI is InChI=1S/C82H50N8.2Fe.H2O/c1-7-21-51(22-8-1)75-59-35-39-63(83-59)77(53-25-11-3-12-26-53)67-43-47-71(87-67)81(72-48-44-68(88-72)78(54-27-13-4-14-28-54)64-40-36-60(75)84-64)57-33-19-20-34-58(57)82-73-49-45-69(89-73)79(55-29-15-5-16-30-55)65-41-37-61(85-65)76(52-23-9-2-10-24-52)62-38-42-66(86-62)80(56-31-17-6-18-32-56)70-46-50-74(82)90-70;;;/h1-50H;;;1H2/q-4;2*+2;. The molecule has 7 aromatic carbocycles. The Bertz CT molecular complexity index is 5100. The minimum Gasteiger partial charge on any atom is -0.657 e. The van der Waals surface area contributed by atoms with E-state index in [0.29, 0.717) is 0 Å². The summed E-state index contributed by atoms with van der Waals surface area (Å²) in [6, 6.07) is 88.1. The quantitative estimate of drug-likeness (QED) is 0.137. The van der Waals surface area contributed by atoms with Gasteiger partial charge in [-0.05, 0) is 138 Å². The molecule has 11 heteroatoms. The first-order valence-electron chi connectivity index (χ1n) is 30.2. The second-order valence-corrected chi connectivity index (χ2v) is 22.5. The van der Waals surface area contributed by atoms with Crippen molar-refractivity contribution in [3.05, 3.63) is 300 Å². The summed E-state index contributed by atoms with van der Waals surface area (Å²) < 4.78 is 0. The summed E-state index contributed by atoms with van der Waals surface area (Å²) in [5.41, 5.74) is 27.5. The molecule has 0 fully saturated rings. The van der Waals surface area contributed by atoms with Crippen LogP contribution in [0.1, 0.15) is 45.6 Å². The summed E-state index contributed by atoms with van der Waals surface area (Å²) in [6.45, 7) is 0. The van der Waals surface area contributed by atoms with E-state index in [9.17, 15) is 0 Å². The molecule has 0 saturated heterocycles. The van der Waals surface area contributed by atoms with Gasteiger partial charge in [0.25, 0.3) is 0 Å². The van der Waals surface area contributed by atoms with Gasteiger partial charge in [-0.2, -0.15) is 0 Å². The number of hydrogen-bond acceptors (Lipinski definition) is 4. The van der Waals surface area contributed by atoms with Crippen LogP contribution in [0.5, 0.6) is 0 Å². The largest absolute Gasteiger partial charge is 2.00 e. The zero-order valence-electron chi connectivity index (χ0n) is 49.7. The maximum absolute atomic E-state index is 5.71. The third kappa shape index (κ3) is 10.8. The van der Waals surface area contributed by atoms with Gasteiger partial charge in [0, 0.05) is 0 Å². The molecule has 16 bridgehead atoms. The molecule has 0 unspecified atom stereocenters. The number of fused-ring (bicyclic) bond motifs is 16. The fraction of sp³-hybridized carbons (Fsp3) is 0. The predicted molar refractivity (Wildman–Crippen MR) is 374 cm³/mol. The molecule has 0 atom stereocenters. The number of rotatable bonds is 8. The topological polar surface area (TPSA) is 139 Å². The second-order valence-electron chi connectivity index (χ2n) is 22.5. The van der Waals surface area contributed by atoms with Gasteiger partial charge < -0.3 is 25.4 Å². The van der Waals surface area contributed by atoms with E-state index in [-0.39, 0.29) is 39.6 Å². The smallest absolute Gasteiger partial charge is 0.657 e. The van der Waals surface area contributed by atoms with E-state index in [1.165, 1.54) is 0 Å². The minimum absolute atomic E-state index is 0. The van der Waals surface area contributed by atoms with E-state index in [4.69, 9.17) is 39.9 Å². The Morgan fingerprint density at radius 3 is 0.505 bits per heavy atom. The zero-order valence-corrected chi connectivity index (χ0v) is 51.9. The van der Waals surface area contributed by atoms with Crippen molar-refractivity contribution in [2.75, 3.05) is 0 Å². The molecule has 6 aromatic heterocycles. The maximum Gasteiger partial charge on any atom is 2.00 e. The molecule has 2 N–H and O–H groups in total. The van der Waals surface area contributed by atoms with Gasteiger partial charge in [-0.15, -0.1) is 44.1 Å². The van der Waals surface area contributed by atoms with Crippen molar-refractivity contribution < 1.29 is 39.6 Å². The first kappa shape index (κ1) is 59.4. The molecule has 0 spiro atoms. The second kappa shape index (κ2) is 25.2. The molecule has 9 nitrogen and oxygen atoms in total. The van der Waals surface area contributed by atoms with Gasteiger partial charge in [0.05, 0.1) is 45.6 Å². The average Bonchev–Trinajstić information content (AvgIpc) is 1.66. The molecular weight excluding hydrogens is 1220 g/mol. The van der Waals surface area contributed by atoms with E-state index < -0.39 is 0 Å². The van der Waals surface area contributed by atoms with Crippen molar-refractivity contribution in [1.29, 1.82) is 0 Å². The first-order chi connectivity index (χ1) is 44.6. The van der Waals surface area contributed by atoms with Gasteiger partial charge >= 0.3 is 34.1 Å². The van der Waals surface area contributed by atoms with Crippen molar-refractivity contribution in [1.82, 2.24) is 39.9 Å². The van der Waals surface area contributed by atoms with E-state index in [1.54, 1.807) is 0 Å². The van der Waals surface area contributed by atoms with Crippen molar-refractivity contribution in [3.63, 3.8) is 0 Å². The van der Waals surface area contributed by atoms with Gasteiger partial charge in [0.15, 0.2) is 0 Å². The van der Waals surface area contributed by atoms with Crippen molar-refractivity contribution in [2.24, 2.45) is 0 Å². The molecular formula is C82H52Fe2N8O. The molecule has 0 radical (unpaired) electrons. The molecule has 13 aromatic rings. The predicted octanol–water partition coefficient (Wildman–Crippen LogP) is 18.6. The monoisotopic (exact) mass is 1280 g/mol. The molecule has 0 saturated carbocycles. The summed E-state index contributed by atoms with van der Waals surface area (Å²) in [7, 11) is 0. The van der Waals surface area contributed by atoms with Gasteiger partial charge in [0.1, 0.15) is 0 Å². The summed E-state index contributed by atoms with van der Waals surface area (Å²) in [4.78, 5) is 44.8. The van der Waals surface area contributed by atoms with Crippen LogP contribution in [-0.4, -0.2) is 25.4 Å². The van der Waals surface area contributed by atoms with Crippen LogP contribution in [0.25, 0.3) is 182 Å². The van der Waals surface area contributed by atoms with Gasteiger partial charge in [-0.3, -0.25) is 0 Å². The minimum atomic E-state index is 0. The Labute approximate surface area is 557 Å². The molecule has 17 rings (SSSR count). The van der Waals surface area contributed by atoms with Crippen molar-refractivity contribution in [2.45, 2.75) is 0 Å². The van der Waals surface area contributed by atoms with E-state index >= 15 is 0 Å². The van der Waals surface area contributed by atoms with Gasteiger partial charge in [0.2, 0.25) is 0 Å². The normalized spacial score (nSPS) is 11.9. The summed E-state index contributed by atoms with van der Waals surface area (Å²) >= 11 is 0. The Hall–Kier alpha value is -11.3. The SMILES string of the molecule is C1=Cc2nc1c(-c1ccccc1)c1ccc([n-]1)c(-c1ccccc1)c1nc(c(-c3ccccc3-c3c4nc(c(-c5ccccc5)c5ccc([n-]5)c(-c5ccccc5)c5nc(c(-c6ccccc6)c6ccc3[n-]6)C=C5)C=C4)c3ccc([n-]3)c2-c2ccccc2)C=C1.O.[Fe+2].[Fe+2]. The maximum atomic E-state index is 5.71.